The lowest BCUT2D eigenvalue weighted by Gasteiger charge is -2.32. The molecule has 1 unspecified atom stereocenters. The number of hydrogen-bond acceptors (Lipinski definition) is 1. The van der Waals surface area contributed by atoms with Gasteiger partial charge < -0.3 is 0 Å². The van der Waals surface area contributed by atoms with Crippen molar-refractivity contribution in [2.24, 2.45) is 11.3 Å². The van der Waals surface area contributed by atoms with Crippen LogP contribution in [-0.2, 0) is 17.3 Å². The van der Waals surface area contributed by atoms with Crippen molar-refractivity contribution < 1.29 is 0 Å². The van der Waals surface area contributed by atoms with Crippen molar-refractivity contribution in [1.82, 2.24) is 0 Å². The first-order chi connectivity index (χ1) is 26.5. The van der Waals surface area contributed by atoms with E-state index >= 15 is 0 Å². The molecule has 0 aromatic heterocycles. The highest BCUT2D eigenvalue weighted by molar-refractivity contribution is 8.08. The van der Waals surface area contributed by atoms with E-state index in [0.29, 0.717) is 5.41 Å². The molecule has 312 valence electrons. The van der Waals surface area contributed by atoms with Gasteiger partial charge in [-0.15, -0.1) is 18.3 Å². The van der Waals surface area contributed by atoms with Gasteiger partial charge in [0.25, 0.3) is 0 Å². The Balaban J connectivity index is 0.000000578. The molecule has 0 aliphatic carbocycles. The Kier molecular flexibility index (Phi) is 22.0. The SMILES string of the molecule is C=C(C)CCCCCSC(=C)c1ccc(C(C)(Cc2ccccc2)c2cc(C)cc(C)c2)cc1.C=C(C)c1ccc(C)c(C(C)(C)C)c1.CC.CC(C)C(C)(C)C. The number of benzene rings is 4. The molecule has 1 atom stereocenters. The molecule has 4 aromatic rings. The van der Waals surface area contributed by atoms with Crippen LogP contribution in [0.2, 0.25) is 0 Å². The fourth-order valence-electron chi connectivity index (χ4n) is 6.37. The Morgan fingerprint density at radius 2 is 1.16 bits per heavy atom. The van der Waals surface area contributed by atoms with Crippen LogP contribution in [0.15, 0.2) is 116 Å². The Morgan fingerprint density at radius 1 is 0.632 bits per heavy atom. The van der Waals surface area contributed by atoms with E-state index in [-0.39, 0.29) is 10.8 Å². The van der Waals surface area contributed by atoms with Crippen molar-refractivity contribution in [1.29, 1.82) is 0 Å². The smallest absolute Gasteiger partial charge is 0.0215 e. The molecule has 0 amide bonds. The molecule has 57 heavy (non-hydrogen) atoms. The summed E-state index contributed by atoms with van der Waals surface area (Å²) < 4.78 is 0. The standard InChI is InChI=1S/C33H40S.C14H20.C7H16.C2H6/c1-25(2)13-9-8-12-20-34-28(5)30-16-18-31(19-17-30)33(6,24-29-14-10-7-11-15-29)32-22-26(3)21-27(4)23-32;1-10(2)12-8-7-11(3)13(9-12)14(4,5)6;1-6(2)7(3,4)5;1-2/h7,10-11,14-19,21-23H,1,5,8-9,12-13,20,24H2,2-4,6H3;7-9H,1H2,2-6H3;6H,1-5H3;1-2H3. The summed E-state index contributed by atoms with van der Waals surface area (Å²) in [5.41, 5.74) is 15.0. The Morgan fingerprint density at radius 3 is 1.63 bits per heavy atom. The first-order valence-corrected chi connectivity index (χ1v) is 22.5. The largest absolute Gasteiger partial charge is 0.126 e. The number of aryl methyl sites for hydroxylation is 3. The molecule has 4 rings (SSSR count). The van der Waals surface area contributed by atoms with Gasteiger partial charge in [0.15, 0.2) is 0 Å². The van der Waals surface area contributed by atoms with Crippen molar-refractivity contribution in [3.05, 3.63) is 166 Å². The van der Waals surface area contributed by atoms with Gasteiger partial charge in [0, 0.05) is 10.3 Å². The zero-order chi connectivity index (χ0) is 43.6. The maximum absolute atomic E-state index is 4.36. The molecule has 1 heteroatoms. The van der Waals surface area contributed by atoms with E-state index in [1.54, 1.807) is 0 Å². The van der Waals surface area contributed by atoms with E-state index < -0.39 is 0 Å². The predicted molar refractivity (Wildman–Crippen MR) is 264 cm³/mol. The van der Waals surface area contributed by atoms with E-state index in [2.05, 4.69) is 208 Å². The van der Waals surface area contributed by atoms with Gasteiger partial charge in [-0.2, -0.15) is 0 Å². The minimum Gasteiger partial charge on any atom is -0.126 e. The predicted octanol–water partition coefficient (Wildman–Crippen LogP) is 17.7. The molecule has 0 spiro atoms. The number of rotatable bonds is 13. The summed E-state index contributed by atoms with van der Waals surface area (Å²) in [5, 5.41) is 0. The summed E-state index contributed by atoms with van der Waals surface area (Å²) in [7, 11) is 0. The molecule has 0 radical (unpaired) electrons. The van der Waals surface area contributed by atoms with Crippen LogP contribution in [0.1, 0.15) is 166 Å². The van der Waals surface area contributed by atoms with Gasteiger partial charge >= 0.3 is 0 Å². The van der Waals surface area contributed by atoms with Crippen LogP contribution in [0.3, 0.4) is 0 Å². The number of thioether (sulfide) groups is 1. The molecular weight excluding hydrogens is 705 g/mol. The Hall–Kier alpha value is -3.55. The van der Waals surface area contributed by atoms with Crippen molar-refractivity contribution in [2.75, 3.05) is 5.75 Å². The zero-order valence-corrected chi connectivity index (χ0v) is 40.3. The van der Waals surface area contributed by atoms with Crippen molar-refractivity contribution in [3.63, 3.8) is 0 Å². The molecule has 0 saturated heterocycles. The van der Waals surface area contributed by atoms with Crippen molar-refractivity contribution in [3.8, 4) is 0 Å². The molecule has 0 fully saturated rings. The highest BCUT2D eigenvalue weighted by Crippen LogP contribution is 2.38. The molecule has 0 heterocycles. The van der Waals surface area contributed by atoms with Crippen LogP contribution >= 0.6 is 11.8 Å². The topological polar surface area (TPSA) is 0 Å². The fourth-order valence-corrected chi connectivity index (χ4v) is 7.27. The monoisotopic (exact) mass is 787 g/mol. The van der Waals surface area contributed by atoms with Crippen LogP contribution in [0.4, 0.5) is 0 Å². The van der Waals surface area contributed by atoms with Crippen LogP contribution in [0.25, 0.3) is 10.5 Å². The minimum atomic E-state index is -0.103. The molecule has 0 aliphatic rings. The lowest BCUT2D eigenvalue weighted by molar-refractivity contribution is 0.283. The van der Waals surface area contributed by atoms with E-state index in [9.17, 15) is 0 Å². The van der Waals surface area contributed by atoms with Gasteiger partial charge in [-0.25, -0.2) is 0 Å². The average Bonchev–Trinajstić information content (AvgIpc) is 3.13. The van der Waals surface area contributed by atoms with Gasteiger partial charge in [0.2, 0.25) is 0 Å². The van der Waals surface area contributed by atoms with Gasteiger partial charge in [-0.05, 0) is 122 Å². The third kappa shape index (κ3) is 18.3. The summed E-state index contributed by atoms with van der Waals surface area (Å²) in [6, 6.07) is 33.6. The van der Waals surface area contributed by atoms with Crippen LogP contribution in [0, 0.1) is 32.1 Å². The second-order valence-corrected chi connectivity index (χ2v) is 19.8. The van der Waals surface area contributed by atoms with Gasteiger partial charge in [0.05, 0.1) is 0 Å². The quantitative estimate of drug-likeness (QED) is 0.0961. The maximum Gasteiger partial charge on any atom is 0.0215 e. The summed E-state index contributed by atoms with van der Waals surface area (Å²) >= 11 is 1.89. The highest BCUT2D eigenvalue weighted by Gasteiger charge is 2.30. The third-order valence-corrected chi connectivity index (χ3v) is 12.0. The first kappa shape index (κ1) is 51.5. The maximum atomic E-state index is 4.36. The Labute approximate surface area is 357 Å². The number of unbranched alkanes of at least 4 members (excludes halogenated alkanes) is 2. The van der Waals surface area contributed by atoms with Gasteiger partial charge in [-0.1, -0.05) is 209 Å². The highest BCUT2D eigenvalue weighted by atomic mass is 32.2. The zero-order valence-electron chi connectivity index (χ0n) is 39.5. The average molecular weight is 787 g/mol. The lowest BCUT2D eigenvalue weighted by Crippen LogP contribution is -2.27. The van der Waals surface area contributed by atoms with E-state index in [1.807, 2.05) is 25.6 Å². The van der Waals surface area contributed by atoms with Crippen LogP contribution in [-0.4, -0.2) is 5.75 Å². The minimum absolute atomic E-state index is 0.103. The molecule has 0 nitrogen and oxygen atoms in total. The van der Waals surface area contributed by atoms with E-state index in [4.69, 9.17) is 0 Å². The summed E-state index contributed by atoms with van der Waals surface area (Å²) in [6.07, 6.45) is 5.86. The fraction of sp³-hybridized carbons (Fsp3) is 0.464. The number of hydrogen-bond donors (Lipinski definition) is 0. The molecule has 4 aromatic carbocycles. The Bertz CT molecular complexity index is 1780. The van der Waals surface area contributed by atoms with Crippen LogP contribution in [0.5, 0.6) is 0 Å². The van der Waals surface area contributed by atoms with Crippen LogP contribution < -0.4 is 0 Å². The summed E-state index contributed by atoms with van der Waals surface area (Å²) in [4.78, 5) is 1.17. The number of allylic oxidation sites excluding steroid dienone is 2. The van der Waals surface area contributed by atoms with Gasteiger partial charge in [-0.3, -0.25) is 0 Å². The molecule has 0 bridgehead atoms. The van der Waals surface area contributed by atoms with Crippen molar-refractivity contribution in [2.45, 2.75) is 154 Å². The summed E-state index contributed by atoms with van der Waals surface area (Å²) in [5.74, 6) is 1.93. The second kappa shape index (κ2) is 24.4. The normalized spacial score (nSPS) is 12.2. The van der Waals surface area contributed by atoms with Gasteiger partial charge in [0.1, 0.15) is 0 Å². The first-order valence-electron chi connectivity index (χ1n) is 21.5. The molecular formula is C56H82S. The molecule has 0 aliphatic heterocycles. The lowest BCUT2D eigenvalue weighted by atomic mass is 9.71. The summed E-state index contributed by atoms with van der Waals surface area (Å²) in [6.45, 7) is 47.5. The van der Waals surface area contributed by atoms with Crippen molar-refractivity contribution >= 4 is 22.2 Å². The second-order valence-electron chi connectivity index (χ2n) is 18.6. The third-order valence-electron chi connectivity index (χ3n) is 10.9. The van der Waals surface area contributed by atoms with E-state index in [1.165, 1.54) is 79.8 Å². The molecule has 0 N–H and O–H groups in total. The molecule has 0 saturated carbocycles. The van der Waals surface area contributed by atoms with E-state index in [0.717, 1.165) is 30.1 Å².